The summed E-state index contributed by atoms with van der Waals surface area (Å²) in [6, 6.07) is 5.52. The van der Waals surface area contributed by atoms with Crippen molar-refractivity contribution in [3.05, 3.63) is 30.0 Å². The van der Waals surface area contributed by atoms with Crippen LogP contribution in [-0.4, -0.2) is 35.8 Å². The minimum absolute atomic E-state index is 0.0463. The van der Waals surface area contributed by atoms with E-state index in [1.165, 1.54) is 0 Å². The van der Waals surface area contributed by atoms with Gasteiger partial charge in [-0.1, -0.05) is 26.8 Å². The highest BCUT2D eigenvalue weighted by atomic mass is 16.5. The Morgan fingerprint density at radius 3 is 2.74 bits per heavy atom. The van der Waals surface area contributed by atoms with E-state index in [4.69, 9.17) is 4.74 Å². The van der Waals surface area contributed by atoms with E-state index in [-0.39, 0.29) is 30.4 Å². The molecule has 3 N–H and O–H groups in total. The molecule has 0 saturated carbocycles. The molecule has 0 bridgehead atoms. The number of hydrogen-bond donors (Lipinski definition) is 3. The van der Waals surface area contributed by atoms with E-state index in [9.17, 15) is 9.90 Å². The van der Waals surface area contributed by atoms with Crippen molar-refractivity contribution < 1.29 is 14.6 Å². The smallest absolute Gasteiger partial charge is 0.224 e. The van der Waals surface area contributed by atoms with Gasteiger partial charge in [-0.3, -0.25) is 4.79 Å². The van der Waals surface area contributed by atoms with Gasteiger partial charge in [0.2, 0.25) is 5.91 Å². The fraction of sp³-hybridized carbons (Fsp3) is 0.500. The SMILES string of the molecule is COc1cccc2[nH]cc(CC(=O)NC(CO)CC(C)(C)C)c12. The summed E-state index contributed by atoms with van der Waals surface area (Å²) in [6.07, 6.45) is 2.82. The highest BCUT2D eigenvalue weighted by molar-refractivity contribution is 5.93. The maximum absolute atomic E-state index is 12.3. The van der Waals surface area contributed by atoms with E-state index in [1.54, 1.807) is 7.11 Å². The molecule has 1 amide bonds. The summed E-state index contributed by atoms with van der Waals surface area (Å²) in [5, 5.41) is 13.3. The first-order valence-corrected chi connectivity index (χ1v) is 7.87. The van der Waals surface area contributed by atoms with Crippen LogP contribution in [0.5, 0.6) is 5.75 Å². The summed E-state index contributed by atoms with van der Waals surface area (Å²) in [7, 11) is 1.62. The molecule has 5 heteroatoms. The van der Waals surface area contributed by atoms with Crippen molar-refractivity contribution in [1.82, 2.24) is 10.3 Å². The Labute approximate surface area is 137 Å². The van der Waals surface area contributed by atoms with Gasteiger partial charge in [0.05, 0.1) is 26.2 Å². The monoisotopic (exact) mass is 318 g/mol. The van der Waals surface area contributed by atoms with Crippen molar-refractivity contribution in [2.45, 2.75) is 39.7 Å². The van der Waals surface area contributed by atoms with E-state index in [0.29, 0.717) is 0 Å². The second kappa shape index (κ2) is 7.04. The number of rotatable bonds is 6. The Balaban J connectivity index is 2.11. The van der Waals surface area contributed by atoms with E-state index < -0.39 is 0 Å². The van der Waals surface area contributed by atoms with Crippen LogP contribution in [0.25, 0.3) is 10.9 Å². The quantitative estimate of drug-likeness (QED) is 0.766. The Morgan fingerprint density at radius 2 is 2.13 bits per heavy atom. The summed E-state index contributed by atoms with van der Waals surface area (Å²) in [4.78, 5) is 15.5. The zero-order chi connectivity index (χ0) is 17.0. The number of benzene rings is 1. The van der Waals surface area contributed by atoms with Gasteiger partial charge < -0.3 is 20.1 Å². The predicted molar refractivity (Wildman–Crippen MR) is 91.6 cm³/mol. The molecular formula is C18H26N2O3. The number of carbonyl (C=O) groups is 1. The first-order chi connectivity index (χ1) is 10.8. The predicted octanol–water partition coefficient (Wildman–Crippen LogP) is 2.63. The lowest BCUT2D eigenvalue weighted by Crippen LogP contribution is -2.40. The van der Waals surface area contributed by atoms with Crippen LogP contribution in [0.2, 0.25) is 0 Å². The lowest BCUT2D eigenvalue weighted by atomic mass is 9.88. The number of nitrogens with one attached hydrogen (secondary N) is 2. The topological polar surface area (TPSA) is 74.4 Å². The van der Waals surface area contributed by atoms with E-state index in [1.807, 2.05) is 24.4 Å². The largest absolute Gasteiger partial charge is 0.496 e. The molecule has 126 valence electrons. The molecule has 0 aliphatic rings. The number of aliphatic hydroxyl groups excluding tert-OH is 1. The molecule has 0 fully saturated rings. The first-order valence-electron chi connectivity index (χ1n) is 7.87. The molecule has 2 aromatic rings. The number of fused-ring (bicyclic) bond motifs is 1. The van der Waals surface area contributed by atoms with Gasteiger partial charge >= 0.3 is 0 Å². The lowest BCUT2D eigenvalue weighted by Gasteiger charge is -2.25. The fourth-order valence-electron chi connectivity index (χ4n) is 2.88. The normalized spacial score (nSPS) is 13.1. The van der Waals surface area contributed by atoms with E-state index in [0.717, 1.165) is 28.6 Å². The summed E-state index contributed by atoms with van der Waals surface area (Å²) in [6.45, 7) is 6.21. The fourth-order valence-corrected chi connectivity index (χ4v) is 2.88. The molecule has 0 saturated heterocycles. The van der Waals surface area contributed by atoms with Crippen molar-refractivity contribution >= 4 is 16.8 Å². The van der Waals surface area contributed by atoms with Gasteiger partial charge in [-0.05, 0) is 29.5 Å². The van der Waals surface area contributed by atoms with Gasteiger partial charge in [0.1, 0.15) is 5.75 Å². The van der Waals surface area contributed by atoms with Crippen LogP contribution >= 0.6 is 0 Å². The van der Waals surface area contributed by atoms with Gasteiger partial charge in [-0.2, -0.15) is 0 Å². The molecule has 1 atom stereocenters. The summed E-state index contributed by atoms with van der Waals surface area (Å²) < 4.78 is 5.38. The van der Waals surface area contributed by atoms with Crippen molar-refractivity contribution in [2.75, 3.05) is 13.7 Å². The first kappa shape index (κ1) is 17.3. The summed E-state index contributed by atoms with van der Waals surface area (Å²) in [5.41, 5.74) is 1.88. The molecule has 0 spiro atoms. The average molecular weight is 318 g/mol. The third-order valence-corrected chi connectivity index (χ3v) is 3.76. The number of H-pyrrole nitrogens is 1. The number of methoxy groups -OCH3 is 1. The van der Waals surface area contributed by atoms with Crippen LogP contribution in [0.1, 0.15) is 32.8 Å². The van der Waals surface area contributed by atoms with Crippen LogP contribution in [0.3, 0.4) is 0 Å². The van der Waals surface area contributed by atoms with Gasteiger partial charge in [-0.25, -0.2) is 0 Å². The highest BCUT2D eigenvalue weighted by Crippen LogP contribution is 2.29. The molecule has 0 aliphatic carbocycles. The Bertz CT molecular complexity index is 670. The van der Waals surface area contributed by atoms with Gasteiger partial charge in [0.15, 0.2) is 0 Å². The van der Waals surface area contributed by atoms with Crippen molar-refractivity contribution in [2.24, 2.45) is 5.41 Å². The average Bonchev–Trinajstić information content (AvgIpc) is 2.88. The molecule has 1 aromatic heterocycles. The second-order valence-electron chi connectivity index (χ2n) is 7.09. The zero-order valence-corrected chi connectivity index (χ0v) is 14.3. The second-order valence-corrected chi connectivity index (χ2v) is 7.09. The number of ether oxygens (including phenoxy) is 1. The molecule has 1 heterocycles. The van der Waals surface area contributed by atoms with Gasteiger partial charge in [0, 0.05) is 17.1 Å². The third-order valence-electron chi connectivity index (χ3n) is 3.76. The Kier molecular flexibility index (Phi) is 5.31. The third kappa shape index (κ3) is 4.48. The molecule has 5 nitrogen and oxygen atoms in total. The van der Waals surface area contributed by atoms with Crippen LogP contribution in [0.15, 0.2) is 24.4 Å². The number of aromatic nitrogens is 1. The lowest BCUT2D eigenvalue weighted by molar-refractivity contribution is -0.121. The number of aliphatic hydroxyl groups is 1. The van der Waals surface area contributed by atoms with Crippen molar-refractivity contribution in [3.8, 4) is 5.75 Å². The van der Waals surface area contributed by atoms with Crippen LogP contribution in [0.4, 0.5) is 0 Å². The van der Waals surface area contributed by atoms with Crippen LogP contribution in [0, 0.1) is 5.41 Å². The van der Waals surface area contributed by atoms with Gasteiger partial charge in [-0.15, -0.1) is 0 Å². The number of aromatic amines is 1. The van der Waals surface area contributed by atoms with Gasteiger partial charge in [0.25, 0.3) is 0 Å². The minimum atomic E-state index is -0.227. The molecule has 1 unspecified atom stereocenters. The number of carbonyl (C=O) groups excluding carboxylic acids is 1. The molecule has 2 rings (SSSR count). The van der Waals surface area contributed by atoms with Crippen LogP contribution in [-0.2, 0) is 11.2 Å². The molecule has 0 radical (unpaired) electrons. The Hall–Kier alpha value is -2.01. The maximum atomic E-state index is 12.3. The molecule has 1 aromatic carbocycles. The molecule has 0 aliphatic heterocycles. The molecular weight excluding hydrogens is 292 g/mol. The summed E-state index contributed by atoms with van der Waals surface area (Å²) in [5.74, 6) is 0.653. The van der Waals surface area contributed by atoms with Crippen LogP contribution < -0.4 is 10.1 Å². The standard InChI is InChI=1S/C18H26N2O3/c1-18(2,3)9-13(11-21)20-16(22)8-12-10-19-14-6-5-7-15(23-4)17(12)14/h5-7,10,13,19,21H,8-9,11H2,1-4H3,(H,20,22). The number of hydrogen-bond acceptors (Lipinski definition) is 3. The zero-order valence-electron chi connectivity index (χ0n) is 14.3. The van der Waals surface area contributed by atoms with E-state index in [2.05, 4.69) is 31.1 Å². The minimum Gasteiger partial charge on any atom is -0.496 e. The van der Waals surface area contributed by atoms with Crippen molar-refractivity contribution in [3.63, 3.8) is 0 Å². The highest BCUT2D eigenvalue weighted by Gasteiger charge is 2.20. The summed E-state index contributed by atoms with van der Waals surface area (Å²) >= 11 is 0. The Morgan fingerprint density at radius 1 is 1.39 bits per heavy atom. The molecule has 23 heavy (non-hydrogen) atoms. The maximum Gasteiger partial charge on any atom is 0.224 e. The number of amides is 1. The van der Waals surface area contributed by atoms with Crippen molar-refractivity contribution in [1.29, 1.82) is 0 Å². The van der Waals surface area contributed by atoms with E-state index >= 15 is 0 Å².